The highest BCUT2D eigenvalue weighted by Crippen LogP contribution is 2.40. The summed E-state index contributed by atoms with van der Waals surface area (Å²) in [5, 5.41) is 0. The lowest BCUT2D eigenvalue weighted by molar-refractivity contribution is -0.203. The predicted octanol–water partition coefficient (Wildman–Crippen LogP) is 3.05. The fraction of sp³-hybridized carbons (Fsp3) is 0.235. The topological polar surface area (TPSA) is 54.3 Å². The molecule has 8 heteroatoms. The second-order valence-corrected chi connectivity index (χ2v) is 5.23. The summed E-state index contributed by atoms with van der Waals surface area (Å²) in [6.07, 6.45) is 1.05. The Kier molecular flexibility index (Phi) is 4.20. The maximum Gasteiger partial charge on any atom is 0.445 e. The van der Waals surface area contributed by atoms with Crippen LogP contribution in [-0.2, 0) is 9.53 Å². The molecule has 25 heavy (non-hydrogen) atoms. The number of rotatable bonds is 3. The van der Waals surface area contributed by atoms with Crippen LogP contribution in [0.15, 0.2) is 64.7 Å². The van der Waals surface area contributed by atoms with Crippen molar-refractivity contribution in [2.24, 2.45) is 9.98 Å². The molecule has 1 aromatic rings. The molecule has 2 aliphatic rings. The normalized spacial score (nSPS) is 22.2. The summed E-state index contributed by atoms with van der Waals surface area (Å²) in [6, 6.07) is 8.30. The maximum atomic E-state index is 13.8. The third kappa shape index (κ3) is 2.84. The summed E-state index contributed by atoms with van der Waals surface area (Å²) in [4.78, 5) is 20.9. The number of carbonyl (C=O) groups is 1. The van der Waals surface area contributed by atoms with Crippen LogP contribution in [0.25, 0.3) is 0 Å². The third-order valence-electron chi connectivity index (χ3n) is 3.60. The number of alkyl halides is 3. The zero-order chi connectivity index (χ0) is 18.1. The minimum Gasteiger partial charge on any atom is -0.462 e. The molecule has 1 unspecified atom stereocenters. The average molecular weight is 349 g/mol. The van der Waals surface area contributed by atoms with E-state index >= 15 is 0 Å². The lowest BCUT2D eigenvalue weighted by Crippen LogP contribution is -2.55. The van der Waals surface area contributed by atoms with E-state index in [9.17, 15) is 18.0 Å². The van der Waals surface area contributed by atoms with Gasteiger partial charge in [0.25, 0.3) is 0 Å². The Bertz CT molecular complexity index is 797. The van der Waals surface area contributed by atoms with E-state index in [1.165, 1.54) is 30.2 Å². The third-order valence-corrected chi connectivity index (χ3v) is 3.60. The molecule has 5 nitrogen and oxygen atoms in total. The zero-order valence-electron chi connectivity index (χ0n) is 13.2. The molecule has 1 aromatic carbocycles. The van der Waals surface area contributed by atoms with Crippen LogP contribution in [0.3, 0.4) is 0 Å². The second kappa shape index (κ2) is 6.19. The van der Waals surface area contributed by atoms with Crippen LogP contribution in [0.2, 0.25) is 0 Å². The molecule has 1 atom stereocenters. The summed E-state index contributed by atoms with van der Waals surface area (Å²) >= 11 is 0. The molecule has 0 N–H and O–H groups in total. The second-order valence-electron chi connectivity index (χ2n) is 5.23. The van der Waals surface area contributed by atoms with Gasteiger partial charge in [-0.1, -0.05) is 36.4 Å². The lowest BCUT2D eigenvalue weighted by atomic mass is 10.1. The van der Waals surface area contributed by atoms with Crippen LogP contribution in [0.1, 0.15) is 12.5 Å². The Labute approximate surface area is 141 Å². The van der Waals surface area contributed by atoms with Gasteiger partial charge in [0.15, 0.2) is 0 Å². The summed E-state index contributed by atoms with van der Waals surface area (Å²) in [5.41, 5.74) is -2.90. The molecule has 0 aliphatic carbocycles. The van der Waals surface area contributed by atoms with Crippen LogP contribution in [0.4, 0.5) is 13.2 Å². The number of allylic oxidation sites excluding steroid dienone is 2. The van der Waals surface area contributed by atoms with Crippen molar-refractivity contribution >= 4 is 17.6 Å². The number of esters is 1. The molecule has 0 amide bonds. The van der Waals surface area contributed by atoms with Gasteiger partial charge >= 0.3 is 17.8 Å². The Morgan fingerprint density at radius 3 is 2.56 bits per heavy atom. The smallest absolute Gasteiger partial charge is 0.445 e. The van der Waals surface area contributed by atoms with Gasteiger partial charge in [0.1, 0.15) is 11.7 Å². The van der Waals surface area contributed by atoms with Crippen molar-refractivity contribution in [1.82, 2.24) is 4.90 Å². The fourth-order valence-electron chi connectivity index (χ4n) is 2.46. The zero-order valence-corrected chi connectivity index (χ0v) is 13.2. The number of aliphatic imine (C=N–C) groups is 2. The minimum absolute atomic E-state index is 0.0309. The highest BCUT2D eigenvalue weighted by Gasteiger charge is 2.65. The molecular formula is C17H14F3N3O2. The Morgan fingerprint density at radius 1 is 1.20 bits per heavy atom. The van der Waals surface area contributed by atoms with Gasteiger partial charge in [-0.15, -0.1) is 0 Å². The predicted molar refractivity (Wildman–Crippen MR) is 86.0 cm³/mol. The molecule has 0 spiro atoms. The number of hydrogen-bond acceptors (Lipinski definition) is 5. The first-order valence-electron chi connectivity index (χ1n) is 7.52. The quantitative estimate of drug-likeness (QED) is 0.788. The van der Waals surface area contributed by atoms with Gasteiger partial charge in [-0.05, 0) is 19.1 Å². The summed E-state index contributed by atoms with van der Waals surface area (Å²) in [7, 11) is 0. The first-order chi connectivity index (χ1) is 11.9. The number of nitrogens with zero attached hydrogens (tertiary/aromatic N) is 3. The van der Waals surface area contributed by atoms with E-state index in [-0.39, 0.29) is 18.3 Å². The SMILES string of the molecule is CCOC(=O)C1(C(F)(F)F)N=C2C=CC=CN2C(c2ccccc2)=N1. The van der Waals surface area contributed by atoms with Gasteiger partial charge < -0.3 is 4.74 Å². The Hall–Kier alpha value is -2.90. The van der Waals surface area contributed by atoms with E-state index in [0.29, 0.717) is 5.56 Å². The van der Waals surface area contributed by atoms with Crippen LogP contribution < -0.4 is 0 Å². The summed E-state index contributed by atoms with van der Waals surface area (Å²) in [5.74, 6) is -1.62. The molecule has 2 heterocycles. The van der Waals surface area contributed by atoms with Crippen LogP contribution >= 0.6 is 0 Å². The first-order valence-corrected chi connectivity index (χ1v) is 7.52. The number of hydrogen-bond donors (Lipinski definition) is 0. The van der Waals surface area contributed by atoms with Crippen LogP contribution in [-0.4, -0.2) is 41.0 Å². The Balaban J connectivity index is 2.23. The molecule has 2 aliphatic heterocycles. The minimum atomic E-state index is -5.05. The van der Waals surface area contributed by atoms with E-state index in [4.69, 9.17) is 0 Å². The first kappa shape index (κ1) is 16.9. The Morgan fingerprint density at radius 2 is 1.92 bits per heavy atom. The largest absolute Gasteiger partial charge is 0.462 e. The fourth-order valence-corrected chi connectivity index (χ4v) is 2.46. The van der Waals surface area contributed by atoms with Gasteiger partial charge in [-0.3, -0.25) is 4.90 Å². The van der Waals surface area contributed by atoms with Crippen molar-refractivity contribution in [3.05, 3.63) is 60.3 Å². The standard InChI is InChI=1S/C17H14F3N3O2/c1-2-25-15(24)16(17(18,19)20)21-13-10-6-7-11-23(13)14(22-16)12-8-4-3-5-9-12/h3-11H,2H2,1H3. The van der Waals surface area contributed by atoms with Gasteiger partial charge in [0.2, 0.25) is 0 Å². The van der Waals surface area contributed by atoms with E-state index < -0.39 is 17.8 Å². The highest BCUT2D eigenvalue weighted by atomic mass is 19.4. The number of carbonyl (C=O) groups excluding carboxylic acids is 1. The van der Waals surface area contributed by atoms with Crippen molar-refractivity contribution < 1.29 is 22.7 Å². The number of ether oxygens (including phenoxy) is 1. The molecule has 3 rings (SSSR count). The summed E-state index contributed by atoms with van der Waals surface area (Å²) in [6.45, 7) is 1.21. The molecular weight excluding hydrogens is 335 g/mol. The molecule has 0 fully saturated rings. The van der Waals surface area contributed by atoms with Crippen molar-refractivity contribution in [3.63, 3.8) is 0 Å². The summed E-state index contributed by atoms with van der Waals surface area (Å²) < 4.78 is 46.2. The molecule has 0 bridgehead atoms. The van der Waals surface area contributed by atoms with E-state index in [2.05, 4.69) is 14.7 Å². The highest BCUT2D eigenvalue weighted by molar-refractivity contribution is 6.16. The monoisotopic (exact) mass is 349 g/mol. The van der Waals surface area contributed by atoms with Crippen molar-refractivity contribution in [1.29, 1.82) is 0 Å². The molecule has 0 aromatic heterocycles. The van der Waals surface area contributed by atoms with Crippen LogP contribution in [0.5, 0.6) is 0 Å². The van der Waals surface area contributed by atoms with Gasteiger partial charge in [0.05, 0.1) is 6.61 Å². The molecule has 130 valence electrons. The van der Waals surface area contributed by atoms with Gasteiger partial charge in [-0.25, -0.2) is 14.8 Å². The van der Waals surface area contributed by atoms with Gasteiger partial charge in [-0.2, -0.15) is 13.2 Å². The molecule has 0 saturated heterocycles. The van der Waals surface area contributed by atoms with E-state index in [1.807, 2.05) is 0 Å². The maximum absolute atomic E-state index is 13.8. The van der Waals surface area contributed by atoms with Gasteiger partial charge in [0, 0.05) is 11.8 Å². The van der Waals surface area contributed by atoms with Crippen molar-refractivity contribution in [2.75, 3.05) is 6.61 Å². The molecule has 0 saturated carbocycles. The van der Waals surface area contributed by atoms with Crippen LogP contribution in [0, 0.1) is 0 Å². The average Bonchev–Trinajstić information content (AvgIpc) is 2.60. The van der Waals surface area contributed by atoms with E-state index in [1.54, 1.807) is 36.4 Å². The molecule has 0 radical (unpaired) electrons. The number of benzene rings is 1. The van der Waals surface area contributed by atoms with Crippen molar-refractivity contribution in [3.8, 4) is 0 Å². The number of fused-ring (bicyclic) bond motifs is 1. The van der Waals surface area contributed by atoms with Crippen molar-refractivity contribution in [2.45, 2.75) is 18.8 Å². The number of amidine groups is 2. The van der Waals surface area contributed by atoms with E-state index in [0.717, 1.165) is 0 Å². The number of halogens is 3. The lowest BCUT2D eigenvalue weighted by Gasteiger charge is -2.35.